The second-order valence-corrected chi connectivity index (χ2v) is 7.80. The van der Waals surface area contributed by atoms with Gasteiger partial charge in [0, 0.05) is 43.2 Å². The van der Waals surface area contributed by atoms with Crippen molar-refractivity contribution in [2.75, 3.05) is 39.8 Å². The zero-order valence-corrected chi connectivity index (χ0v) is 16.3. The molecule has 2 aromatic rings. The van der Waals surface area contributed by atoms with Crippen molar-refractivity contribution < 1.29 is 4.79 Å². The fourth-order valence-corrected chi connectivity index (χ4v) is 3.96. The van der Waals surface area contributed by atoms with E-state index in [-0.39, 0.29) is 11.9 Å². The quantitative estimate of drug-likeness (QED) is 0.794. The zero-order chi connectivity index (χ0) is 18.4. The number of nitrogens with zero attached hydrogens (tertiary/aromatic N) is 2. The molecule has 1 aromatic carbocycles. The number of benzene rings is 1. The Morgan fingerprint density at radius 1 is 1.15 bits per heavy atom. The van der Waals surface area contributed by atoms with Crippen molar-refractivity contribution in [2.45, 2.75) is 13.0 Å². The van der Waals surface area contributed by atoms with Crippen molar-refractivity contribution in [2.24, 2.45) is 0 Å². The number of thiophene rings is 1. The molecule has 4 nitrogen and oxygen atoms in total. The summed E-state index contributed by atoms with van der Waals surface area (Å²) in [7, 11) is 2.16. The fraction of sp³-hybridized carbons (Fsp3) is 0.381. The van der Waals surface area contributed by atoms with Crippen LogP contribution < -0.4 is 5.32 Å². The number of amides is 1. The SMILES string of the molecule is C/C(=C\c1cccs1)C(=O)NCC(c1ccccc1)N1CCN(C)CC1. The van der Waals surface area contributed by atoms with Crippen LogP contribution >= 0.6 is 11.3 Å². The predicted octanol–water partition coefficient (Wildman–Crippen LogP) is 3.26. The molecule has 0 spiro atoms. The van der Waals surface area contributed by atoms with E-state index in [1.54, 1.807) is 11.3 Å². The molecule has 5 heteroatoms. The van der Waals surface area contributed by atoms with Crippen LogP contribution in [0.1, 0.15) is 23.4 Å². The van der Waals surface area contributed by atoms with Crippen LogP contribution in [0.15, 0.2) is 53.4 Å². The lowest BCUT2D eigenvalue weighted by Gasteiger charge is -2.38. The molecule has 26 heavy (non-hydrogen) atoms. The van der Waals surface area contributed by atoms with E-state index in [0.29, 0.717) is 6.54 Å². The van der Waals surface area contributed by atoms with E-state index in [2.05, 4.69) is 46.4 Å². The number of carbonyl (C=O) groups is 1. The normalized spacial score (nSPS) is 17.8. The summed E-state index contributed by atoms with van der Waals surface area (Å²) >= 11 is 1.64. The van der Waals surface area contributed by atoms with E-state index in [9.17, 15) is 4.79 Å². The largest absolute Gasteiger partial charge is 0.350 e. The second-order valence-electron chi connectivity index (χ2n) is 6.82. The average molecular weight is 370 g/mol. The Kier molecular flexibility index (Phi) is 6.61. The molecule has 1 aromatic heterocycles. The molecule has 1 aliphatic rings. The number of hydrogen-bond acceptors (Lipinski definition) is 4. The Hall–Kier alpha value is -1.95. The summed E-state index contributed by atoms with van der Waals surface area (Å²) in [5.41, 5.74) is 2.01. The number of likely N-dealkylation sites (N-methyl/N-ethyl adjacent to an activating group) is 1. The maximum Gasteiger partial charge on any atom is 0.247 e. The van der Waals surface area contributed by atoms with Crippen LogP contribution in [0.5, 0.6) is 0 Å². The number of nitrogens with one attached hydrogen (secondary N) is 1. The van der Waals surface area contributed by atoms with Gasteiger partial charge in [-0.25, -0.2) is 0 Å². The summed E-state index contributed by atoms with van der Waals surface area (Å²) in [5, 5.41) is 5.17. The third-order valence-corrected chi connectivity index (χ3v) is 5.70. The highest BCUT2D eigenvalue weighted by atomic mass is 32.1. The van der Waals surface area contributed by atoms with Gasteiger partial charge >= 0.3 is 0 Å². The highest BCUT2D eigenvalue weighted by molar-refractivity contribution is 7.10. The van der Waals surface area contributed by atoms with E-state index in [0.717, 1.165) is 36.6 Å². The van der Waals surface area contributed by atoms with Gasteiger partial charge in [0.25, 0.3) is 0 Å². The summed E-state index contributed by atoms with van der Waals surface area (Å²) in [6, 6.07) is 14.7. The van der Waals surface area contributed by atoms with Crippen molar-refractivity contribution in [1.82, 2.24) is 15.1 Å². The monoisotopic (exact) mass is 369 g/mol. The minimum atomic E-state index is 0.00783. The molecule has 0 saturated carbocycles. The molecule has 1 aliphatic heterocycles. The lowest BCUT2D eigenvalue weighted by Crippen LogP contribution is -2.48. The first-order valence-corrected chi connectivity index (χ1v) is 9.99. The molecule has 138 valence electrons. The molecule has 0 radical (unpaired) electrons. The van der Waals surface area contributed by atoms with Gasteiger partial charge in [-0.05, 0) is 37.1 Å². The smallest absolute Gasteiger partial charge is 0.247 e. The number of hydrogen-bond donors (Lipinski definition) is 1. The first-order chi connectivity index (χ1) is 12.6. The highest BCUT2D eigenvalue weighted by Crippen LogP contribution is 2.21. The molecule has 0 aliphatic carbocycles. The van der Waals surface area contributed by atoms with Crippen LogP contribution in [-0.2, 0) is 4.79 Å². The van der Waals surface area contributed by atoms with Crippen molar-refractivity contribution >= 4 is 23.3 Å². The van der Waals surface area contributed by atoms with Gasteiger partial charge in [0.2, 0.25) is 5.91 Å². The standard InChI is InChI=1S/C21H27N3OS/c1-17(15-19-9-6-14-26-19)21(25)22-16-20(18-7-4-3-5-8-18)24-12-10-23(2)11-13-24/h3-9,14-15,20H,10-13,16H2,1-2H3,(H,22,25)/b17-15+. The molecule has 1 saturated heterocycles. The van der Waals surface area contributed by atoms with Crippen LogP contribution in [-0.4, -0.2) is 55.5 Å². The zero-order valence-electron chi connectivity index (χ0n) is 15.5. The lowest BCUT2D eigenvalue weighted by atomic mass is 10.0. The topological polar surface area (TPSA) is 35.6 Å². The van der Waals surface area contributed by atoms with Gasteiger partial charge in [0.15, 0.2) is 0 Å². The molecular weight excluding hydrogens is 342 g/mol. The van der Waals surface area contributed by atoms with Crippen molar-refractivity contribution in [3.05, 3.63) is 63.9 Å². The van der Waals surface area contributed by atoms with Crippen LogP contribution in [0, 0.1) is 0 Å². The van der Waals surface area contributed by atoms with Gasteiger partial charge in [0.1, 0.15) is 0 Å². The van der Waals surface area contributed by atoms with Crippen molar-refractivity contribution in [1.29, 1.82) is 0 Å². The molecule has 1 amide bonds. The average Bonchev–Trinajstić information content (AvgIpc) is 3.17. The highest BCUT2D eigenvalue weighted by Gasteiger charge is 2.24. The summed E-state index contributed by atoms with van der Waals surface area (Å²) in [4.78, 5) is 18.5. The first-order valence-electron chi connectivity index (χ1n) is 9.11. The van der Waals surface area contributed by atoms with Gasteiger partial charge in [-0.1, -0.05) is 36.4 Å². The Morgan fingerprint density at radius 3 is 2.54 bits per heavy atom. The first kappa shape index (κ1) is 18.8. The van der Waals surface area contributed by atoms with Gasteiger partial charge in [0.05, 0.1) is 6.04 Å². The lowest BCUT2D eigenvalue weighted by molar-refractivity contribution is -0.117. The summed E-state index contributed by atoms with van der Waals surface area (Å²) in [6.07, 6.45) is 1.95. The fourth-order valence-electron chi connectivity index (χ4n) is 3.25. The van der Waals surface area contributed by atoms with Gasteiger partial charge in [-0.3, -0.25) is 9.69 Å². The van der Waals surface area contributed by atoms with Gasteiger partial charge in [-0.2, -0.15) is 0 Å². The van der Waals surface area contributed by atoms with Gasteiger partial charge < -0.3 is 10.2 Å². The van der Waals surface area contributed by atoms with E-state index >= 15 is 0 Å². The Morgan fingerprint density at radius 2 is 1.88 bits per heavy atom. The van der Waals surface area contributed by atoms with E-state index in [1.165, 1.54) is 5.56 Å². The van der Waals surface area contributed by atoms with E-state index in [1.807, 2.05) is 36.6 Å². The maximum atomic E-state index is 12.5. The maximum absolute atomic E-state index is 12.5. The van der Waals surface area contributed by atoms with E-state index < -0.39 is 0 Å². The Labute approximate surface area is 160 Å². The third kappa shape index (κ3) is 5.04. The Balaban J connectivity index is 1.67. The predicted molar refractivity (Wildman–Crippen MR) is 109 cm³/mol. The van der Waals surface area contributed by atoms with Gasteiger partial charge in [-0.15, -0.1) is 11.3 Å². The van der Waals surface area contributed by atoms with Crippen LogP contribution in [0.2, 0.25) is 0 Å². The molecule has 1 N–H and O–H groups in total. The minimum absolute atomic E-state index is 0.00783. The van der Waals surface area contributed by atoms with Crippen molar-refractivity contribution in [3.8, 4) is 0 Å². The molecule has 0 bridgehead atoms. The number of piperazine rings is 1. The molecule has 1 fully saturated rings. The minimum Gasteiger partial charge on any atom is -0.350 e. The Bertz CT molecular complexity index is 719. The molecular formula is C21H27N3OS. The molecule has 1 atom stereocenters. The van der Waals surface area contributed by atoms with Crippen LogP contribution in [0.4, 0.5) is 0 Å². The second kappa shape index (κ2) is 9.12. The summed E-state index contributed by atoms with van der Waals surface area (Å²) in [6.45, 7) is 6.68. The van der Waals surface area contributed by atoms with E-state index in [4.69, 9.17) is 0 Å². The molecule has 1 unspecified atom stereocenters. The number of carbonyl (C=O) groups excluding carboxylic acids is 1. The summed E-state index contributed by atoms with van der Waals surface area (Å²) < 4.78 is 0. The third-order valence-electron chi connectivity index (χ3n) is 4.88. The van der Waals surface area contributed by atoms with Crippen molar-refractivity contribution in [3.63, 3.8) is 0 Å². The molecule has 2 heterocycles. The molecule has 3 rings (SSSR count). The van der Waals surface area contributed by atoms with Crippen LogP contribution in [0.25, 0.3) is 6.08 Å². The van der Waals surface area contributed by atoms with Crippen LogP contribution in [0.3, 0.4) is 0 Å². The summed E-state index contributed by atoms with van der Waals surface area (Å²) in [5.74, 6) is 0.00783. The number of rotatable bonds is 6.